The van der Waals surface area contributed by atoms with Crippen molar-refractivity contribution in [3.8, 4) is 17.9 Å². The van der Waals surface area contributed by atoms with Crippen LogP contribution in [0.5, 0.6) is 5.75 Å². The average Bonchev–Trinajstić information content (AvgIpc) is 2.27. The number of nitriles is 2. The number of ether oxygens (including phenoxy) is 1. The second kappa shape index (κ2) is 5.83. The summed E-state index contributed by atoms with van der Waals surface area (Å²) in [6.07, 6.45) is 1.15. The van der Waals surface area contributed by atoms with E-state index >= 15 is 0 Å². The molecule has 86 valence electrons. The average molecular weight is 255 g/mol. The molecular formula is C11H5ClF2N2O. The van der Waals surface area contributed by atoms with Gasteiger partial charge < -0.3 is 4.74 Å². The molecule has 6 heteroatoms. The van der Waals surface area contributed by atoms with Crippen LogP contribution in [0.3, 0.4) is 0 Å². The van der Waals surface area contributed by atoms with Gasteiger partial charge in [-0.15, -0.1) is 0 Å². The Balaban J connectivity index is 3.21. The van der Waals surface area contributed by atoms with Crippen molar-refractivity contribution >= 4 is 17.7 Å². The van der Waals surface area contributed by atoms with Gasteiger partial charge in [-0.05, 0) is 24.3 Å². The zero-order valence-electron chi connectivity index (χ0n) is 8.32. The van der Waals surface area contributed by atoms with Gasteiger partial charge in [0.15, 0.2) is 0 Å². The van der Waals surface area contributed by atoms with E-state index in [9.17, 15) is 8.78 Å². The first-order valence-electron chi connectivity index (χ1n) is 4.33. The maximum absolute atomic E-state index is 12.1. The molecule has 0 aromatic heterocycles. The van der Waals surface area contributed by atoms with Gasteiger partial charge in [-0.1, -0.05) is 11.6 Å². The Kier molecular flexibility index (Phi) is 4.45. The molecule has 0 atom stereocenters. The maximum atomic E-state index is 12.1. The highest BCUT2D eigenvalue weighted by Crippen LogP contribution is 2.26. The van der Waals surface area contributed by atoms with Crippen molar-refractivity contribution in [1.29, 1.82) is 10.5 Å². The largest absolute Gasteiger partial charge is 0.434 e. The third kappa shape index (κ3) is 3.75. The summed E-state index contributed by atoms with van der Waals surface area (Å²) in [5.41, 5.74) is -0.0285. The molecule has 0 amide bonds. The van der Waals surface area contributed by atoms with Gasteiger partial charge in [0, 0.05) is 10.6 Å². The Morgan fingerprint density at radius 2 is 2.00 bits per heavy atom. The third-order valence-corrected chi connectivity index (χ3v) is 1.97. The molecule has 0 aliphatic carbocycles. The molecule has 0 N–H and O–H groups in total. The van der Waals surface area contributed by atoms with E-state index in [2.05, 4.69) is 4.74 Å². The quantitative estimate of drug-likeness (QED) is 0.777. The summed E-state index contributed by atoms with van der Waals surface area (Å²) in [6, 6.07) is 7.25. The minimum Gasteiger partial charge on any atom is -0.434 e. The second-order valence-corrected chi connectivity index (χ2v) is 3.28. The van der Waals surface area contributed by atoms with Crippen molar-refractivity contribution in [3.05, 3.63) is 34.4 Å². The monoisotopic (exact) mass is 254 g/mol. The van der Waals surface area contributed by atoms with E-state index < -0.39 is 6.61 Å². The predicted molar refractivity (Wildman–Crippen MR) is 57.3 cm³/mol. The molecule has 0 saturated carbocycles. The minimum atomic E-state index is -3.01. The van der Waals surface area contributed by atoms with E-state index in [1.165, 1.54) is 18.2 Å². The summed E-state index contributed by atoms with van der Waals surface area (Å²) >= 11 is 5.63. The zero-order valence-corrected chi connectivity index (χ0v) is 9.08. The normalized spacial score (nSPS) is 9.29. The van der Waals surface area contributed by atoms with Crippen molar-refractivity contribution in [3.63, 3.8) is 0 Å². The number of alkyl halides is 2. The zero-order chi connectivity index (χ0) is 12.8. The molecule has 0 spiro atoms. The Labute approximate surface area is 101 Å². The highest BCUT2D eigenvalue weighted by molar-refractivity contribution is 6.30. The van der Waals surface area contributed by atoms with E-state index in [1.54, 1.807) is 12.1 Å². The predicted octanol–water partition coefficient (Wildman–Crippen LogP) is 3.37. The van der Waals surface area contributed by atoms with Gasteiger partial charge in [-0.2, -0.15) is 19.3 Å². The Bertz CT molecular complexity index is 513. The van der Waals surface area contributed by atoms with Crippen LogP contribution >= 0.6 is 11.6 Å². The number of hydrogen-bond acceptors (Lipinski definition) is 3. The molecule has 1 aromatic rings. The molecule has 0 unspecified atom stereocenters. The van der Waals surface area contributed by atoms with Crippen molar-refractivity contribution in [1.82, 2.24) is 0 Å². The molecule has 17 heavy (non-hydrogen) atoms. The van der Waals surface area contributed by atoms with Crippen molar-refractivity contribution < 1.29 is 13.5 Å². The molecule has 0 radical (unpaired) electrons. The van der Waals surface area contributed by atoms with Crippen LogP contribution in [0.4, 0.5) is 8.78 Å². The van der Waals surface area contributed by atoms with Crippen LogP contribution in [-0.2, 0) is 0 Å². The van der Waals surface area contributed by atoms with Gasteiger partial charge in [-0.25, -0.2) is 0 Å². The molecule has 0 bridgehead atoms. The lowest BCUT2D eigenvalue weighted by Crippen LogP contribution is -2.03. The maximum Gasteiger partial charge on any atom is 0.387 e. The van der Waals surface area contributed by atoms with Crippen LogP contribution in [-0.4, -0.2) is 6.61 Å². The standard InChI is InChI=1S/C11H5ClF2N2O/c12-9-2-1-8(3-7(5-15)6-16)10(4-9)17-11(13)14/h1-4,11H. The lowest BCUT2D eigenvalue weighted by molar-refractivity contribution is -0.0499. The van der Waals surface area contributed by atoms with E-state index in [1.807, 2.05) is 0 Å². The Morgan fingerprint density at radius 3 is 2.53 bits per heavy atom. The Hall–Kier alpha value is -2.11. The first-order chi connectivity index (χ1) is 8.06. The highest BCUT2D eigenvalue weighted by atomic mass is 35.5. The number of nitrogens with zero attached hydrogens (tertiary/aromatic N) is 2. The van der Waals surface area contributed by atoms with Crippen LogP contribution in [0.2, 0.25) is 5.02 Å². The van der Waals surface area contributed by atoms with Crippen LogP contribution in [0.15, 0.2) is 23.8 Å². The molecule has 0 saturated heterocycles. The molecule has 1 rings (SSSR count). The summed E-state index contributed by atoms with van der Waals surface area (Å²) in [5.74, 6) is -0.185. The van der Waals surface area contributed by atoms with Crippen molar-refractivity contribution in [2.75, 3.05) is 0 Å². The smallest absolute Gasteiger partial charge is 0.387 e. The van der Waals surface area contributed by atoms with Crippen LogP contribution < -0.4 is 4.74 Å². The molecular weight excluding hydrogens is 250 g/mol. The summed E-state index contributed by atoms with van der Waals surface area (Å²) in [6.45, 7) is -3.01. The van der Waals surface area contributed by atoms with E-state index in [0.717, 1.165) is 6.08 Å². The summed E-state index contributed by atoms with van der Waals surface area (Å²) in [5, 5.41) is 17.3. The fraction of sp³-hybridized carbons (Fsp3) is 0.0909. The molecule has 1 aromatic carbocycles. The van der Waals surface area contributed by atoms with E-state index in [0.29, 0.717) is 0 Å². The molecule has 0 fully saturated rings. The molecule has 3 nitrogen and oxygen atoms in total. The van der Waals surface area contributed by atoms with Crippen molar-refractivity contribution in [2.45, 2.75) is 6.61 Å². The molecule has 0 aliphatic heterocycles. The first kappa shape index (κ1) is 13.0. The fourth-order valence-electron chi connectivity index (χ4n) is 1.07. The lowest BCUT2D eigenvalue weighted by Gasteiger charge is -2.08. The van der Waals surface area contributed by atoms with Crippen LogP contribution in [0.25, 0.3) is 6.08 Å². The lowest BCUT2D eigenvalue weighted by atomic mass is 10.1. The van der Waals surface area contributed by atoms with Gasteiger partial charge in [0.1, 0.15) is 23.5 Å². The molecule has 0 heterocycles. The number of allylic oxidation sites excluding steroid dienone is 1. The van der Waals surface area contributed by atoms with Gasteiger partial charge in [0.2, 0.25) is 0 Å². The number of benzene rings is 1. The number of hydrogen-bond donors (Lipinski definition) is 0. The fourth-order valence-corrected chi connectivity index (χ4v) is 1.23. The summed E-state index contributed by atoms with van der Waals surface area (Å²) < 4.78 is 28.5. The molecule has 0 aliphatic rings. The van der Waals surface area contributed by atoms with Crippen LogP contribution in [0.1, 0.15) is 5.56 Å². The van der Waals surface area contributed by atoms with Gasteiger partial charge in [0.05, 0.1) is 0 Å². The highest BCUT2D eigenvalue weighted by Gasteiger charge is 2.09. The van der Waals surface area contributed by atoms with Gasteiger partial charge >= 0.3 is 6.61 Å². The van der Waals surface area contributed by atoms with Crippen LogP contribution in [0, 0.1) is 22.7 Å². The van der Waals surface area contributed by atoms with Gasteiger partial charge in [-0.3, -0.25) is 0 Å². The second-order valence-electron chi connectivity index (χ2n) is 2.84. The summed E-state index contributed by atoms with van der Waals surface area (Å²) in [4.78, 5) is 0. The van der Waals surface area contributed by atoms with Crippen molar-refractivity contribution in [2.24, 2.45) is 0 Å². The number of rotatable bonds is 3. The topological polar surface area (TPSA) is 56.8 Å². The third-order valence-electron chi connectivity index (χ3n) is 1.73. The SMILES string of the molecule is N#CC(C#N)=Cc1ccc(Cl)cc1OC(F)F. The number of halogens is 3. The Morgan fingerprint density at radius 1 is 1.35 bits per heavy atom. The van der Waals surface area contributed by atoms with E-state index in [4.69, 9.17) is 22.1 Å². The first-order valence-corrected chi connectivity index (χ1v) is 4.71. The van der Waals surface area contributed by atoms with E-state index in [-0.39, 0.29) is 21.9 Å². The van der Waals surface area contributed by atoms with Gasteiger partial charge in [0.25, 0.3) is 0 Å². The summed E-state index contributed by atoms with van der Waals surface area (Å²) in [7, 11) is 0. The minimum absolute atomic E-state index is 0.185.